The first kappa shape index (κ1) is 24.6. The van der Waals surface area contributed by atoms with Crippen molar-refractivity contribution in [3.8, 4) is 5.75 Å². The van der Waals surface area contributed by atoms with Gasteiger partial charge in [0.25, 0.3) is 0 Å². The number of piperazine rings is 1. The molecule has 5 nitrogen and oxygen atoms in total. The number of ether oxygens (including phenoxy) is 1. The Balaban J connectivity index is 1.57. The maximum absolute atomic E-state index is 10.9. The number of aliphatic hydroxyl groups excluding tert-OH is 2. The van der Waals surface area contributed by atoms with Crippen molar-refractivity contribution in [1.29, 1.82) is 0 Å². The van der Waals surface area contributed by atoms with Crippen molar-refractivity contribution < 1.29 is 14.9 Å². The SMILES string of the molecule is Cc1ccc([C@H](O)CN2C[C@@H](C)N(c3ccc(OCCO)cc3)[C@H](c3ccc(Cl)cc3)C2)cc1. The number of hydrogen-bond acceptors (Lipinski definition) is 5. The lowest BCUT2D eigenvalue weighted by Crippen LogP contribution is -2.54. The van der Waals surface area contributed by atoms with Crippen LogP contribution in [0.25, 0.3) is 0 Å². The highest BCUT2D eigenvalue weighted by atomic mass is 35.5. The minimum Gasteiger partial charge on any atom is -0.491 e. The van der Waals surface area contributed by atoms with E-state index in [1.54, 1.807) is 0 Å². The second-order valence-electron chi connectivity index (χ2n) is 9.03. The van der Waals surface area contributed by atoms with Crippen LogP contribution in [0.4, 0.5) is 5.69 Å². The number of anilines is 1. The number of nitrogens with zero attached hydrogens (tertiary/aromatic N) is 2. The Hall–Kier alpha value is -2.57. The quantitative estimate of drug-likeness (QED) is 0.475. The lowest BCUT2D eigenvalue weighted by molar-refractivity contribution is 0.0915. The van der Waals surface area contributed by atoms with Gasteiger partial charge in [-0.1, -0.05) is 53.6 Å². The Morgan fingerprint density at radius 1 is 0.971 bits per heavy atom. The Kier molecular flexibility index (Phi) is 8.11. The van der Waals surface area contributed by atoms with Gasteiger partial charge in [0.15, 0.2) is 0 Å². The molecule has 0 spiro atoms. The van der Waals surface area contributed by atoms with Crippen molar-refractivity contribution in [3.05, 3.63) is 94.5 Å². The molecule has 1 heterocycles. The molecule has 0 amide bonds. The predicted molar refractivity (Wildman–Crippen MR) is 138 cm³/mol. The van der Waals surface area contributed by atoms with Crippen LogP contribution >= 0.6 is 11.6 Å². The maximum atomic E-state index is 10.9. The summed E-state index contributed by atoms with van der Waals surface area (Å²) in [6.45, 7) is 6.77. The van der Waals surface area contributed by atoms with Crippen LogP contribution in [0.2, 0.25) is 5.02 Å². The van der Waals surface area contributed by atoms with E-state index in [-0.39, 0.29) is 25.3 Å². The molecule has 0 saturated carbocycles. The molecule has 3 atom stereocenters. The average Bonchev–Trinajstić information content (AvgIpc) is 2.84. The summed E-state index contributed by atoms with van der Waals surface area (Å²) in [4.78, 5) is 4.79. The number of rotatable bonds is 8. The van der Waals surface area contributed by atoms with Crippen molar-refractivity contribution >= 4 is 17.3 Å². The van der Waals surface area contributed by atoms with Gasteiger partial charge in [0.05, 0.1) is 18.8 Å². The molecule has 3 aromatic carbocycles. The summed E-state index contributed by atoms with van der Waals surface area (Å²) >= 11 is 6.18. The van der Waals surface area contributed by atoms with E-state index >= 15 is 0 Å². The molecular formula is C28H33ClN2O3. The molecule has 1 saturated heterocycles. The van der Waals surface area contributed by atoms with Crippen molar-refractivity contribution in [2.75, 3.05) is 37.7 Å². The molecule has 3 aromatic rings. The number of aliphatic hydroxyl groups is 2. The topological polar surface area (TPSA) is 56.2 Å². The van der Waals surface area contributed by atoms with E-state index in [2.05, 4.69) is 47.9 Å². The van der Waals surface area contributed by atoms with E-state index in [4.69, 9.17) is 21.4 Å². The van der Waals surface area contributed by atoms with E-state index in [1.807, 2.05) is 48.5 Å². The zero-order valence-corrected chi connectivity index (χ0v) is 20.5. The van der Waals surface area contributed by atoms with Gasteiger partial charge >= 0.3 is 0 Å². The van der Waals surface area contributed by atoms with Crippen LogP contribution in [0.3, 0.4) is 0 Å². The second-order valence-corrected chi connectivity index (χ2v) is 9.47. The molecule has 2 N–H and O–H groups in total. The number of halogens is 1. The molecule has 6 heteroatoms. The third kappa shape index (κ3) is 5.91. The lowest BCUT2D eigenvalue weighted by atomic mass is 9.97. The van der Waals surface area contributed by atoms with Crippen LogP contribution in [0.1, 0.15) is 35.8 Å². The van der Waals surface area contributed by atoms with Crippen LogP contribution in [0, 0.1) is 6.92 Å². The predicted octanol–water partition coefficient (Wildman–Crippen LogP) is 5.00. The van der Waals surface area contributed by atoms with Gasteiger partial charge in [0, 0.05) is 36.4 Å². The lowest BCUT2D eigenvalue weighted by Gasteiger charge is -2.48. The summed E-state index contributed by atoms with van der Waals surface area (Å²) in [5.74, 6) is 0.744. The van der Waals surface area contributed by atoms with E-state index in [0.29, 0.717) is 6.54 Å². The molecule has 1 aliphatic rings. The Morgan fingerprint density at radius 3 is 2.29 bits per heavy atom. The standard InChI is InChI=1S/C28H33ClN2O3/c1-20-3-5-23(6-4-20)28(33)19-30-17-21(2)31(25-11-13-26(14-12-25)34-16-15-32)27(18-30)22-7-9-24(29)10-8-22/h3-14,21,27-28,32-33H,15-19H2,1-2H3/t21-,27+,28-/m1/s1. The molecule has 4 rings (SSSR count). The fourth-order valence-electron chi connectivity index (χ4n) is 4.73. The molecule has 0 aromatic heterocycles. The van der Waals surface area contributed by atoms with Crippen LogP contribution in [-0.2, 0) is 0 Å². The Bertz CT molecular complexity index is 1040. The molecule has 1 aliphatic heterocycles. The molecule has 0 aliphatic carbocycles. The third-order valence-electron chi connectivity index (χ3n) is 6.41. The van der Waals surface area contributed by atoms with Crippen LogP contribution < -0.4 is 9.64 Å². The van der Waals surface area contributed by atoms with Gasteiger partial charge in [-0.15, -0.1) is 0 Å². The summed E-state index contributed by atoms with van der Waals surface area (Å²) < 4.78 is 5.54. The van der Waals surface area contributed by atoms with Crippen LogP contribution in [0.5, 0.6) is 5.75 Å². The smallest absolute Gasteiger partial charge is 0.119 e. The highest BCUT2D eigenvalue weighted by Crippen LogP contribution is 2.35. The first-order valence-corrected chi connectivity index (χ1v) is 12.2. The zero-order valence-electron chi connectivity index (χ0n) is 19.8. The molecular weight excluding hydrogens is 448 g/mol. The van der Waals surface area contributed by atoms with Crippen LogP contribution in [-0.4, -0.2) is 54.0 Å². The van der Waals surface area contributed by atoms with Gasteiger partial charge in [-0.05, 0) is 61.4 Å². The monoisotopic (exact) mass is 480 g/mol. The zero-order chi connectivity index (χ0) is 24.1. The van der Waals surface area contributed by atoms with Gasteiger partial charge in [-0.2, -0.15) is 0 Å². The molecule has 0 radical (unpaired) electrons. The largest absolute Gasteiger partial charge is 0.491 e. The summed E-state index contributed by atoms with van der Waals surface area (Å²) in [5, 5.41) is 20.6. The number of benzene rings is 3. The van der Waals surface area contributed by atoms with Crippen molar-refractivity contribution in [1.82, 2.24) is 4.90 Å². The second kappa shape index (κ2) is 11.2. The van der Waals surface area contributed by atoms with Gasteiger partial charge in [-0.3, -0.25) is 4.90 Å². The molecule has 0 unspecified atom stereocenters. The van der Waals surface area contributed by atoms with Crippen molar-refractivity contribution in [2.24, 2.45) is 0 Å². The van der Waals surface area contributed by atoms with E-state index in [1.165, 1.54) is 11.1 Å². The fraction of sp³-hybridized carbons (Fsp3) is 0.357. The van der Waals surface area contributed by atoms with Gasteiger partial charge < -0.3 is 19.8 Å². The van der Waals surface area contributed by atoms with Gasteiger partial charge in [-0.25, -0.2) is 0 Å². The first-order chi connectivity index (χ1) is 16.4. The Labute approximate surface area is 207 Å². The summed E-state index contributed by atoms with van der Waals surface area (Å²) in [6, 6.07) is 24.5. The molecule has 1 fully saturated rings. The molecule has 34 heavy (non-hydrogen) atoms. The minimum atomic E-state index is -0.534. The maximum Gasteiger partial charge on any atom is 0.119 e. The third-order valence-corrected chi connectivity index (χ3v) is 6.66. The van der Waals surface area contributed by atoms with Crippen molar-refractivity contribution in [3.63, 3.8) is 0 Å². The first-order valence-electron chi connectivity index (χ1n) is 11.8. The number of aryl methyl sites for hydroxylation is 1. The number of β-amino-alcohol motifs (C(OH)–C–C–N with tert-alkyl or cyclic N) is 1. The normalized spacial score (nSPS) is 19.7. The summed E-state index contributed by atoms with van der Waals surface area (Å²) in [5.41, 5.74) is 4.44. The summed E-state index contributed by atoms with van der Waals surface area (Å²) in [6.07, 6.45) is -0.534. The fourth-order valence-corrected chi connectivity index (χ4v) is 4.85. The molecule has 180 valence electrons. The highest BCUT2D eigenvalue weighted by Gasteiger charge is 2.34. The van der Waals surface area contributed by atoms with Crippen molar-refractivity contribution in [2.45, 2.75) is 32.0 Å². The Morgan fingerprint density at radius 2 is 1.65 bits per heavy atom. The van der Waals surface area contributed by atoms with Gasteiger partial charge in [0.2, 0.25) is 0 Å². The average molecular weight is 481 g/mol. The number of hydrogen-bond donors (Lipinski definition) is 2. The van der Waals surface area contributed by atoms with Gasteiger partial charge in [0.1, 0.15) is 12.4 Å². The highest BCUT2D eigenvalue weighted by molar-refractivity contribution is 6.30. The van der Waals surface area contributed by atoms with E-state index < -0.39 is 6.10 Å². The summed E-state index contributed by atoms with van der Waals surface area (Å²) in [7, 11) is 0. The minimum absolute atomic E-state index is 0.00613. The van der Waals surface area contributed by atoms with E-state index in [9.17, 15) is 5.11 Å². The van der Waals surface area contributed by atoms with E-state index in [0.717, 1.165) is 35.1 Å². The van der Waals surface area contributed by atoms with Crippen LogP contribution in [0.15, 0.2) is 72.8 Å². The molecule has 0 bridgehead atoms.